The van der Waals surface area contributed by atoms with Crippen LogP contribution in [0.25, 0.3) is 5.76 Å². The Bertz CT molecular complexity index is 1240. The van der Waals surface area contributed by atoms with E-state index in [9.17, 15) is 14.7 Å². The monoisotopic (exact) mass is 439 g/mol. The quantitative estimate of drug-likeness (QED) is 0.348. The average molecular weight is 439 g/mol. The fourth-order valence-corrected chi connectivity index (χ4v) is 3.74. The lowest BCUT2D eigenvalue weighted by atomic mass is 9.95. The van der Waals surface area contributed by atoms with Crippen LogP contribution < -0.4 is 9.64 Å². The number of hydrogen-bond donors (Lipinski definition) is 1. The van der Waals surface area contributed by atoms with E-state index >= 15 is 0 Å². The van der Waals surface area contributed by atoms with Crippen molar-refractivity contribution in [3.8, 4) is 11.8 Å². The van der Waals surface area contributed by atoms with E-state index in [2.05, 4.69) is 4.98 Å². The van der Waals surface area contributed by atoms with E-state index in [1.54, 1.807) is 73.1 Å². The Labute approximate surface area is 191 Å². The lowest BCUT2D eigenvalue weighted by Crippen LogP contribution is -2.29. The molecule has 1 aliphatic rings. The van der Waals surface area contributed by atoms with Gasteiger partial charge in [0.1, 0.15) is 11.5 Å². The van der Waals surface area contributed by atoms with E-state index in [0.29, 0.717) is 34.7 Å². The molecule has 1 unspecified atom stereocenters. The third-order valence-electron chi connectivity index (χ3n) is 5.34. The lowest BCUT2D eigenvalue weighted by molar-refractivity contribution is -0.132. The first-order valence-electron chi connectivity index (χ1n) is 10.5. The van der Waals surface area contributed by atoms with Gasteiger partial charge in [-0.1, -0.05) is 6.92 Å². The number of anilines is 1. The molecule has 2 heterocycles. The number of nitriles is 1. The van der Waals surface area contributed by atoms with Gasteiger partial charge in [0.2, 0.25) is 0 Å². The van der Waals surface area contributed by atoms with Gasteiger partial charge in [-0.2, -0.15) is 5.26 Å². The second-order valence-electron chi connectivity index (χ2n) is 7.48. The summed E-state index contributed by atoms with van der Waals surface area (Å²) in [7, 11) is 0. The number of hydrogen-bond acceptors (Lipinski definition) is 6. The topological polar surface area (TPSA) is 104 Å². The number of rotatable bonds is 6. The summed E-state index contributed by atoms with van der Waals surface area (Å²) in [6, 6.07) is 17.7. The molecule has 1 atom stereocenters. The number of amides is 1. The lowest BCUT2D eigenvalue weighted by Gasteiger charge is -2.25. The highest BCUT2D eigenvalue weighted by Gasteiger charge is 2.46. The smallest absolute Gasteiger partial charge is 0.300 e. The number of ether oxygens (including phenoxy) is 1. The molecule has 1 aromatic heterocycles. The number of carbonyl (C=O) groups is 2. The van der Waals surface area contributed by atoms with Crippen molar-refractivity contribution in [1.29, 1.82) is 5.26 Å². The van der Waals surface area contributed by atoms with Gasteiger partial charge in [-0.3, -0.25) is 19.5 Å². The normalized spacial score (nSPS) is 17.1. The van der Waals surface area contributed by atoms with Gasteiger partial charge in [-0.25, -0.2) is 0 Å². The molecule has 164 valence electrons. The molecule has 1 N–H and O–H groups in total. The number of aliphatic hydroxyl groups is 1. The Kier molecular flexibility index (Phi) is 6.18. The molecule has 1 aliphatic heterocycles. The van der Waals surface area contributed by atoms with Gasteiger partial charge in [0.25, 0.3) is 11.7 Å². The highest BCUT2D eigenvalue weighted by Crippen LogP contribution is 2.42. The van der Waals surface area contributed by atoms with Crippen molar-refractivity contribution in [3.63, 3.8) is 0 Å². The Morgan fingerprint density at radius 2 is 1.73 bits per heavy atom. The number of aliphatic hydroxyl groups excluding tert-OH is 1. The minimum absolute atomic E-state index is 0.0159. The molecule has 0 bridgehead atoms. The van der Waals surface area contributed by atoms with Gasteiger partial charge < -0.3 is 9.84 Å². The highest BCUT2D eigenvalue weighted by molar-refractivity contribution is 6.51. The molecule has 1 fully saturated rings. The second-order valence-corrected chi connectivity index (χ2v) is 7.48. The Morgan fingerprint density at radius 1 is 1.06 bits per heavy atom. The molecule has 0 spiro atoms. The largest absolute Gasteiger partial charge is 0.507 e. The van der Waals surface area contributed by atoms with Crippen LogP contribution in [0.2, 0.25) is 0 Å². The van der Waals surface area contributed by atoms with E-state index < -0.39 is 17.7 Å². The summed E-state index contributed by atoms with van der Waals surface area (Å²) in [5.74, 6) is -1.17. The molecular formula is C26H21N3O4. The minimum atomic E-state index is -0.850. The summed E-state index contributed by atoms with van der Waals surface area (Å²) in [5, 5.41) is 20.2. The maximum atomic E-state index is 13.1. The van der Waals surface area contributed by atoms with Crippen molar-refractivity contribution in [3.05, 3.63) is 95.3 Å². The summed E-state index contributed by atoms with van der Waals surface area (Å²) < 4.78 is 5.58. The number of pyridine rings is 1. The van der Waals surface area contributed by atoms with Crippen molar-refractivity contribution >= 4 is 23.1 Å². The summed E-state index contributed by atoms with van der Waals surface area (Å²) in [5.41, 5.74) is 1.88. The Hall–Kier alpha value is -4.44. The van der Waals surface area contributed by atoms with Crippen molar-refractivity contribution in [2.24, 2.45) is 0 Å². The molecule has 4 rings (SSSR count). The summed E-state index contributed by atoms with van der Waals surface area (Å²) >= 11 is 0. The molecule has 33 heavy (non-hydrogen) atoms. The summed E-state index contributed by atoms with van der Waals surface area (Å²) in [6.07, 6.45) is 3.99. The fraction of sp³-hybridized carbons (Fsp3) is 0.154. The number of benzene rings is 2. The molecule has 7 heteroatoms. The van der Waals surface area contributed by atoms with Crippen LogP contribution in [-0.4, -0.2) is 28.4 Å². The van der Waals surface area contributed by atoms with Crippen LogP contribution in [0.3, 0.4) is 0 Å². The van der Waals surface area contributed by atoms with Gasteiger partial charge >= 0.3 is 0 Å². The Morgan fingerprint density at radius 3 is 2.33 bits per heavy atom. The van der Waals surface area contributed by atoms with Crippen molar-refractivity contribution in [2.45, 2.75) is 19.4 Å². The van der Waals surface area contributed by atoms with Crippen molar-refractivity contribution < 1.29 is 19.4 Å². The second kappa shape index (κ2) is 9.37. The maximum Gasteiger partial charge on any atom is 0.300 e. The van der Waals surface area contributed by atoms with E-state index in [1.807, 2.05) is 13.0 Å². The van der Waals surface area contributed by atoms with Crippen LogP contribution in [0.5, 0.6) is 5.75 Å². The summed E-state index contributed by atoms with van der Waals surface area (Å²) in [6.45, 7) is 2.58. The van der Waals surface area contributed by atoms with Crippen LogP contribution in [0.15, 0.2) is 78.6 Å². The average Bonchev–Trinajstić information content (AvgIpc) is 3.13. The number of carbonyl (C=O) groups excluding carboxylic acids is 2. The minimum Gasteiger partial charge on any atom is -0.507 e. The van der Waals surface area contributed by atoms with E-state index in [1.165, 1.54) is 4.90 Å². The first kappa shape index (κ1) is 21.8. The van der Waals surface area contributed by atoms with Crippen LogP contribution in [0.4, 0.5) is 5.69 Å². The van der Waals surface area contributed by atoms with E-state index in [0.717, 1.165) is 6.42 Å². The first-order chi connectivity index (χ1) is 16.0. The predicted octanol–water partition coefficient (Wildman–Crippen LogP) is 4.37. The van der Waals surface area contributed by atoms with Gasteiger partial charge in [0.05, 0.1) is 29.9 Å². The molecule has 0 radical (unpaired) electrons. The van der Waals surface area contributed by atoms with Crippen LogP contribution in [-0.2, 0) is 9.59 Å². The number of ketones is 1. The van der Waals surface area contributed by atoms with Gasteiger partial charge in [-0.05, 0) is 72.6 Å². The van der Waals surface area contributed by atoms with E-state index in [4.69, 9.17) is 10.00 Å². The zero-order valence-corrected chi connectivity index (χ0v) is 17.9. The van der Waals surface area contributed by atoms with E-state index in [-0.39, 0.29) is 11.3 Å². The van der Waals surface area contributed by atoms with Crippen molar-refractivity contribution in [2.75, 3.05) is 11.5 Å². The molecule has 0 aliphatic carbocycles. The maximum absolute atomic E-state index is 13.1. The standard InChI is InChI=1S/C26H21N3O4/c1-2-15-33-21-9-5-19(6-10-21)24(30)22-23(18-11-13-28-14-12-18)29(26(32)25(22)31)20-7-3-17(16-27)4-8-20/h3-14,23,30H,2,15H2,1H3/b24-22-. The molecule has 2 aromatic carbocycles. The molecule has 7 nitrogen and oxygen atoms in total. The third kappa shape index (κ3) is 4.19. The molecule has 1 saturated heterocycles. The fourth-order valence-electron chi connectivity index (χ4n) is 3.74. The zero-order valence-electron chi connectivity index (χ0n) is 17.9. The third-order valence-corrected chi connectivity index (χ3v) is 5.34. The predicted molar refractivity (Wildman–Crippen MR) is 122 cm³/mol. The van der Waals surface area contributed by atoms with Gasteiger partial charge in [0.15, 0.2) is 0 Å². The van der Waals surface area contributed by atoms with Crippen LogP contribution in [0, 0.1) is 11.3 Å². The highest BCUT2D eigenvalue weighted by atomic mass is 16.5. The number of aromatic nitrogens is 1. The molecule has 0 saturated carbocycles. The van der Waals surface area contributed by atoms with Gasteiger partial charge in [-0.15, -0.1) is 0 Å². The first-order valence-corrected chi connectivity index (χ1v) is 10.5. The Balaban J connectivity index is 1.82. The molecule has 3 aromatic rings. The van der Waals surface area contributed by atoms with Crippen LogP contribution in [0.1, 0.15) is 36.1 Å². The number of Topliss-reactive ketones (excluding diaryl/α,β-unsaturated/α-hetero) is 1. The SMILES string of the molecule is CCCOc1ccc(/C(O)=C2/C(=O)C(=O)N(c3ccc(C#N)cc3)C2c2ccncc2)cc1. The molecule has 1 amide bonds. The number of nitrogens with zero attached hydrogens (tertiary/aromatic N) is 3. The zero-order chi connectivity index (χ0) is 23.4. The van der Waals surface area contributed by atoms with Crippen molar-refractivity contribution in [1.82, 2.24) is 4.98 Å². The molecular weight excluding hydrogens is 418 g/mol. The van der Waals surface area contributed by atoms with Crippen LogP contribution >= 0.6 is 0 Å². The van der Waals surface area contributed by atoms with Gasteiger partial charge in [0, 0.05) is 23.6 Å². The summed E-state index contributed by atoms with van der Waals surface area (Å²) in [4.78, 5) is 31.6.